The van der Waals surface area contributed by atoms with Crippen molar-refractivity contribution in [2.24, 2.45) is 0 Å². The summed E-state index contributed by atoms with van der Waals surface area (Å²) in [6, 6.07) is 127. The maximum atomic E-state index is 2.40. The fourth-order valence-electron chi connectivity index (χ4n) is 13.0. The highest BCUT2D eigenvalue weighted by molar-refractivity contribution is 6.07. The molecule has 90 heavy (non-hydrogen) atoms. The van der Waals surface area contributed by atoms with Gasteiger partial charge in [-0.3, -0.25) is 0 Å². The van der Waals surface area contributed by atoms with Crippen molar-refractivity contribution < 1.29 is 0 Å². The fraction of sp³-hybridized carbons (Fsp3) is 0.0233. The van der Waals surface area contributed by atoms with Crippen LogP contribution in [0.1, 0.15) is 0 Å². The van der Waals surface area contributed by atoms with E-state index in [1.54, 1.807) is 0 Å². The van der Waals surface area contributed by atoms with Gasteiger partial charge in [0, 0.05) is 75.2 Å². The zero-order valence-corrected chi connectivity index (χ0v) is 50.3. The minimum absolute atomic E-state index is 1.12. The van der Waals surface area contributed by atoms with Crippen LogP contribution in [0.3, 0.4) is 0 Å². The summed E-state index contributed by atoms with van der Waals surface area (Å²) in [5.74, 6) is 0. The second-order valence-corrected chi connectivity index (χ2v) is 23.0. The molecule has 0 fully saturated rings. The summed E-state index contributed by atoms with van der Waals surface area (Å²) in [6.45, 7) is 0. The molecule has 0 heterocycles. The Hall–Kier alpha value is -11.7. The highest BCUT2D eigenvalue weighted by atomic mass is 15.2. The minimum atomic E-state index is 1.12. The number of nitrogens with zero attached hydrogens (tertiary/aromatic N) is 4. The Morgan fingerprint density at radius 3 is 0.756 bits per heavy atom. The Morgan fingerprint density at radius 1 is 0.167 bits per heavy atom. The third-order valence-electron chi connectivity index (χ3n) is 17.7. The van der Waals surface area contributed by atoms with Crippen molar-refractivity contribution >= 4 is 122 Å². The van der Waals surface area contributed by atoms with Gasteiger partial charge in [0.25, 0.3) is 0 Å². The summed E-state index contributed by atoms with van der Waals surface area (Å²) in [5.41, 5.74) is 16.4. The first kappa shape index (κ1) is 54.9. The highest BCUT2D eigenvalue weighted by Crippen LogP contribution is 2.45. The van der Waals surface area contributed by atoms with Crippen molar-refractivity contribution in [3.63, 3.8) is 0 Å². The van der Waals surface area contributed by atoms with E-state index >= 15 is 0 Å². The van der Waals surface area contributed by atoms with E-state index in [2.05, 4.69) is 386 Å². The van der Waals surface area contributed by atoms with Gasteiger partial charge in [-0.1, -0.05) is 261 Å². The van der Waals surface area contributed by atoms with Gasteiger partial charge in [0.1, 0.15) is 0 Å². The summed E-state index contributed by atoms with van der Waals surface area (Å²) in [4.78, 5) is 9.31. The smallest absolute Gasteiger partial charge is 0.0540 e. The van der Waals surface area contributed by atoms with Crippen LogP contribution >= 0.6 is 0 Å². The Kier molecular flexibility index (Phi) is 14.8. The molecule has 4 heteroatoms. The topological polar surface area (TPSA) is 13.0 Å². The van der Waals surface area contributed by atoms with E-state index in [-0.39, 0.29) is 0 Å². The highest BCUT2D eigenvalue weighted by Gasteiger charge is 2.20. The van der Waals surface area contributed by atoms with Crippen LogP contribution in [0.4, 0.5) is 56.9 Å². The standard InChI is InChI=1S/2C43H32N2/c1-44(41-20-8-14-33-11-2-5-17-38(33)41)36-27-23-31(24-28-36)32-25-29-37(30-26-32)45(42-21-9-15-34-12-3-6-18-39(34)42)43-22-10-16-35-13-4-7-19-40(35)43;1-44(39-29-24-31-10-2-3-13-36(31)30-39)37-25-20-32(21-26-37)33-22-27-38(28-23-33)45(42-18-8-14-34-11-4-6-16-40(34)42)43-19-9-15-35-12-5-7-17-41(35)43/h2*2-30H,1H3. The summed E-state index contributed by atoms with van der Waals surface area (Å²) in [5, 5.41) is 14.8. The van der Waals surface area contributed by atoms with Gasteiger partial charge < -0.3 is 19.6 Å². The van der Waals surface area contributed by atoms with Gasteiger partial charge in [-0.15, -0.1) is 0 Å². The lowest BCUT2D eigenvalue weighted by atomic mass is 10.0. The van der Waals surface area contributed by atoms with Crippen LogP contribution < -0.4 is 19.6 Å². The first-order chi connectivity index (χ1) is 44.5. The molecule has 4 nitrogen and oxygen atoms in total. The van der Waals surface area contributed by atoms with Gasteiger partial charge in [0.05, 0.1) is 22.7 Å². The predicted octanol–water partition coefficient (Wildman–Crippen LogP) is 24.1. The molecule has 0 aliphatic carbocycles. The van der Waals surface area contributed by atoms with Crippen LogP contribution in [-0.4, -0.2) is 14.1 Å². The number of fused-ring (bicyclic) bond motifs is 6. The summed E-state index contributed by atoms with van der Waals surface area (Å²) >= 11 is 0. The summed E-state index contributed by atoms with van der Waals surface area (Å²) in [6.07, 6.45) is 0. The van der Waals surface area contributed by atoms with Crippen molar-refractivity contribution in [1.29, 1.82) is 0 Å². The van der Waals surface area contributed by atoms with Crippen LogP contribution in [0.5, 0.6) is 0 Å². The molecule has 0 spiro atoms. The van der Waals surface area contributed by atoms with E-state index in [0.29, 0.717) is 0 Å². The summed E-state index contributed by atoms with van der Waals surface area (Å²) in [7, 11) is 4.27. The maximum Gasteiger partial charge on any atom is 0.0540 e. The quantitative estimate of drug-likeness (QED) is 0.121. The monoisotopic (exact) mass is 1150 g/mol. The first-order valence-electron chi connectivity index (χ1n) is 30.8. The van der Waals surface area contributed by atoms with Crippen molar-refractivity contribution in [3.05, 3.63) is 352 Å². The Morgan fingerprint density at radius 2 is 0.411 bits per heavy atom. The third-order valence-corrected chi connectivity index (χ3v) is 17.7. The van der Waals surface area contributed by atoms with Gasteiger partial charge >= 0.3 is 0 Å². The van der Waals surface area contributed by atoms with E-state index in [1.165, 1.54) is 110 Å². The van der Waals surface area contributed by atoms with E-state index in [1.807, 2.05) is 0 Å². The lowest BCUT2D eigenvalue weighted by Gasteiger charge is -2.28. The van der Waals surface area contributed by atoms with Crippen molar-refractivity contribution in [1.82, 2.24) is 0 Å². The van der Waals surface area contributed by atoms with E-state index in [9.17, 15) is 0 Å². The lowest BCUT2D eigenvalue weighted by Crippen LogP contribution is -2.11. The Bertz CT molecular complexity index is 5040. The molecule has 0 unspecified atom stereocenters. The molecule has 0 aromatic heterocycles. The lowest BCUT2D eigenvalue weighted by molar-refractivity contribution is 1.21. The van der Waals surface area contributed by atoms with Crippen molar-refractivity contribution in [2.45, 2.75) is 0 Å². The van der Waals surface area contributed by atoms with Crippen molar-refractivity contribution in [3.8, 4) is 22.3 Å². The number of benzene rings is 16. The molecule has 0 amide bonds. The van der Waals surface area contributed by atoms with E-state index in [4.69, 9.17) is 0 Å². The van der Waals surface area contributed by atoms with Crippen molar-refractivity contribution in [2.75, 3.05) is 33.7 Å². The van der Waals surface area contributed by atoms with Gasteiger partial charge in [0.2, 0.25) is 0 Å². The third kappa shape index (κ3) is 10.7. The molecule has 0 N–H and O–H groups in total. The second kappa shape index (κ2) is 24.2. The number of rotatable bonds is 12. The average molecular weight is 1150 g/mol. The van der Waals surface area contributed by atoms with Crippen LogP contribution in [-0.2, 0) is 0 Å². The van der Waals surface area contributed by atoms with Crippen LogP contribution in [0, 0.1) is 0 Å². The maximum absolute atomic E-state index is 2.40. The van der Waals surface area contributed by atoms with E-state index in [0.717, 1.165) is 34.1 Å². The normalized spacial score (nSPS) is 11.2. The Labute approximate surface area is 526 Å². The zero-order chi connectivity index (χ0) is 60.3. The predicted molar refractivity (Wildman–Crippen MR) is 387 cm³/mol. The molecule has 0 aliphatic rings. The molecule has 16 aromatic carbocycles. The summed E-state index contributed by atoms with van der Waals surface area (Å²) < 4.78 is 0. The van der Waals surface area contributed by atoms with Crippen LogP contribution in [0.15, 0.2) is 352 Å². The fourth-order valence-corrected chi connectivity index (χ4v) is 13.0. The average Bonchev–Trinajstić information content (AvgIpc) is 1.00. The molecule has 16 rings (SSSR count). The molecule has 428 valence electrons. The first-order valence-corrected chi connectivity index (χ1v) is 30.8. The molecule has 0 bridgehead atoms. The van der Waals surface area contributed by atoms with Crippen LogP contribution in [0.2, 0.25) is 0 Å². The van der Waals surface area contributed by atoms with Crippen LogP contribution in [0.25, 0.3) is 86.9 Å². The second-order valence-electron chi connectivity index (χ2n) is 23.0. The van der Waals surface area contributed by atoms with E-state index < -0.39 is 0 Å². The molecular formula is C86H64N4. The molecule has 0 saturated heterocycles. The number of hydrogen-bond acceptors (Lipinski definition) is 4. The minimum Gasteiger partial charge on any atom is -0.345 e. The number of hydrogen-bond donors (Lipinski definition) is 0. The van der Waals surface area contributed by atoms with Gasteiger partial charge in [-0.2, -0.15) is 0 Å². The molecule has 16 aromatic rings. The molecule has 0 atom stereocenters. The van der Waals surface area contributed by atoms with Gasteiger partial charge in [-0.25, -0.2) is 0 Å². The zero-order valence-electron chi connectivity index (χ0n) is 50.3. The number of anilines is 10. The molecule has 0 saturated carbocycles. The Balaban J connectivity index is 0.000000150. The van der Waals surface area contributed by atoms with Gasteiger partial charge in [-0.05, 0) is 151 Å². The van der Waals surface area contributed by atoms with Gasteiger partial charge in [0.15, 0.2) is 0 Å². The molecule has 0 aliphatic heterocycles. The largest absolute Gasteiger partial charge is 0.345 e. The molecular weight excluding hydrogens is 1090 g/mol. The SMILES string of the molecule is CN(c1ccc(-c2ccc(N(c3cccc4ccccc34)c3cccc4ccccc34)cc2)cc1)c1ccc2ccccc2c1.CN(c1ccc(-c2ccc(N(c3cccc4ccccc34)c3cccc4ccccc34)cc2)cc1)c1cccc2ccccc12. The molecule has 0 radical (unpaired) electrons.